The molecule has 0 bridgehead atoms. The molecule has 0 spiro atoms. The number of nitrogens with two attached hydrogens (primary N) is 1. The minimum atomic E-state index is 0.334. The number of hydrogen-bond acceptors (Lipinski definition) is 3. The van der Waals surface area contributed by atoms with Crippen LogP contribution in [0, 0.1) is 0 Å². The zero-order valence-corrected chi connectivity index (χ0v) is 13.5. The highest BCUT2D eigenvalue weighted by molar-refractivity contribution is 6.30. The Morgan fingerprint density at radius 2 is 1.95 bits per heavy atom. The fraction of sp³-hybridized carbons (Fsp3) is 0.438. The highest BCUT2D eigenvalue weighted by Crippen LogP contribution is 2.31. The molecule has 2 aromatic rings. The minimum absolute atomic E-state index is 0.334. The van der Waals surface area contributed by atoms with Crippen LogP contribution in [-0.2, 0) is 6.42 Å². The average molecular weight is 308 g/mol. The Kier molecular flexibility index (Phi) is 5.26. The molecular formula is C16H22ClN3O. The van der Waals surface area contributed by atoms with Crippen LogP contribution in [0.4, 0.5) is 0 Å². The fourth-order valence-electron chi connectivity index (χ4n) is 2.40. The summed E-state index contributed by atoms with van der Waals surface area (Å²) < 4.78 is 7.46. The first-order valence-corrected chi connectivity index (χ1v) is 7.58. The molecule has 1 heterocycles. The molecule has 21 heavy (non-hydrogen) atoms. The van der Waals surface area contributed by atoms with Gasteiger partial charge in [-0.1, -0.05) is 25.4 Å². The zero-order chi connectivity index (χ0) is 15.4. The lowest BCUT2D eigenvalue weighted by Gasteiger charge is -2.08. The van der Waals surface area contributed by atoms with Crippen molar-refractivity contribution in [2.24, 2.45) is 5.73 Å². The summed E-state index contributed by atoms with van der Waals surface area (Å²) in [4.78, 5) is 0. The molecule has 0 fully saturated rings. The van der Waals surface area contributed by atoms with Crippen molar-refractivity contribution in [1.82, 2.24) is 9.78 Å². The lowest BCUT2D eigenvalue weighted by Crippen LogP contribution is -2.03. The highest BCUT2D eigenvalue weighted by Gasteiger charge is 2.21. The maximum Gasteiger partial charge on any atom is 0.219 e. The Labute approximate surface area is 130 Å². The molecule has 0 atom stereocenters. The lowest BCUT2D eigenvalue weighted by molar-refractivity contribution is 0.379. The van der Waals surface area contributed by atoms with E-state index in [1.54, 1.807) is 7.11 Å². The van der Waals surface area contributed by atoms with E-state index in [9.17, 15) is 0 Å². The van der Waals surface area contributed by atoms with Crippen LogP contribution in [0.2, 0.25) is 5.02 Å². The number of nitrogens with zero attached hydrogens (tertiary/aromatic N) is 2. The summed E-state index contributed by atoms with van der Waals surface area (Å²) in [6, 6.07) is 7.59. The van der Waals surface area contributed by atoms with Gasteiger partial charge in [0, 0.05) is 10.6 Å². The number of ether oxygens (including phenoxy) is 1. The second-order valence-corrected chi connectivity index (χ2v) is 5.74. The van der Waals surface area contributed by atoms with Gasteiger partial charge in [-0.25, -0.2) is 4.68 Å². The number of aromatic nitrogens is 2. The molecule has 0 aliphatic carbocycles. The highest BCUT2D eigenvalue weighted by atomic mass is 35.5. The van der Waals surface area contributed by atoms with E-state index in [0.717, 1.165) is 35.7 Å². The van der Waals surface area contributed by atoms with Crippen LogP contribution < -0.4 is 10.5 Å². The third kappa shape index (κ3) is 3.39. The van der Waals surface area contributed by atoms with Crippen LogP contribution in [0.5, 0.6) is 5.88 Å². The summed E-state index contributed by atoms with van der Waals surface area (Å²) >= 11 is 5.95. The van der Waals surface area contributed by atoms with Gasteiger partial charge >= 0.3 is 0 Å². The molecule has 0 aliphatic heterocycles. The van der Waals surface area contributed by atoms with Crippen LogP contribution in [0.3, 0.4) is 0 Å². The maximum absolute atomic E-state index is 5.95. The second-order valence-electron chi connectivity index (χ2n) is 5.31. The summed E-state index contributed by atoms with van der Waals surface area (Å²) in [5.74, 6) is 1.12. The van der Waals surface area contributed by atoms with Crippen molar-refractivity contribution >= 4 is 11.6 Å². The summed E-state index contributed by atoms with van der Waals surface area (Å²) in [5.41, 5.74) is 8.80. The van der Waals surface area contributed by atoms with Crippen molar-refractivity contribution in [3.8, 4) is 11.6 Å². The van der Waals surface area contributed by atoms with Gasteiger partial charge in [0.05, 0.1) is 18.5 Å². The fourth-order valence-corrected chi connectivity index (χ4v) is 2.52. The minimum Gasteiger partial charge on any atom is -0.481 e. The van der Waals surface area contributed by atoms with E-state index >= 15 is 0 Å². The van der Waals surface area contributed by atoms with Crippen molar-refractivity contribution < 1.29 is 4.74 Å². The second kappa shape index (κ2) is 6.96. The van der Waals surface area contributed by atoms with E-state index in [1.165, 1.54) is 0 Å². The molecular weight excluding hydrogens is 286 g/mol. The number of methoxy groups -OCH3 is 1. The smallest absolute Gasteiger partial charge is 0.219 e. The van der Waals surface area contributed by atoms with E-state index in [4.69, 9.17) is 27.2 Å². The summed E-state index contributed by atoms with van der Waals surface area (Å²) in [7, 11) is 1.68. The molecule has 0 radical (unpaired) electrons. The summed E-state index contributed by atoms with van der Waals surface area (Å²) in [5, 5.41) is 5.45. The average Bonchev–Trinajstić information content (AvgIpc) is 2.84. The topological polar surface area (TPSA) is 53.1 Å². The Morgan fingerprint density at radius 3 is 2.48 bits per heavy atom. The van der Waals surface area contributed by atoms with Crippen LogP contribution in [0.15, 0.2) is 24.3 Å². The first-order chi connectivity index (χ1) is 10.1. The lowest BCUT2D eigenvalue weighted by atomic mass is 10.0. The SMILES string of the molecule is COc1c(CCCN)c(C(C)C)nn1-c1ccc(Cl)cc1. The van der Waals surface area contributed by atoms with Gasteiger partial charge in [-0.2, -0.15) is 5.10 Å². The first-order valence-electron chi connectivity index (χ1n) is 7.20. The van der Waals surface area contributed by atoms with E-state index in [2.05, 4.69) is 13.8 Å². The van der Waals surface area contributed by atoms with E-state index in [0.29, 0.717) is 17.5 Å². The Morgan fingerprint density at radius 1 is 1.29 bits per heavy atom. The maximum atomic E-state index is 5.95. The molecule has 0 aliphatic rings. The molecule has 0 amide bonds. The molecule has 2 N–H and O–H groups in total. The standard InChI is InChI=1S/C16H22ClN3O/c1-11(2)15-14(5-4-10-18)16(21-3)20(19-15)13-8-6-12(17)7-9-13/h6-9,11H,4-5,10,18H2,1-3H3. The Hall–Kier alpha value is -1.52. The van der Waals surface area contributed by atoms with E-state index in [1.807, 2.05) is 28.9 Å². The molecule has 5 heteroatoms. The third-order valence-corrected chi connectivity index (χ3v) is 3.66. The van der Waals surface area contributed by atoms with Crippen molar-refractivity contribution in [3.05, 3.63) is 40.5 Å². The van der Waals surface area contributed by atoms with Gasteiger partial charge in [-0.05, 0) is 49.6 Å². The van der Waals surface area contributed by atoms with Crippen molar-refractivity contribution in [1.29, 1.82) is 0 Å². The predicted molar refractivity (Wildman–Crippen MR) is 86.6 cm³/mol. The first kappa shape index (κ1) is 15.9. The molecule has 1 aromatic carbocycles. The zero-order valence-electron chi connectivity index (χ0n) is 12.8. The van der Waals surface area contributed by atoms with Gasteiger partial charge in [0.2, 0.25) is 5.88 Å². The number of rotatable bonds is 6. The molecule has 0 unspecified atom stereocenters. The van der Waals surface area contributed by atoms with Crippen molar-refractivity contribution in [2.75, 3.05) is 13.7 Å². The Balaban J connectivity index is 2.52. The summed E-state index contributed by atoms with van der Waals surface area (Å²) in [6.45, 7) is 4.94. The van der Waals surface area contributed by atoms with Crippen molar-refractivity contribution in [3.63, 3.8) is 0 Å². The molecule has 0 saturated heterocycles. The quantitative estimate of drug-likeness (QED) is 0.888. The molecule has 2 rings (SSSR count). The largest absolute Gasteiger partial charge is 0.481 e. The number of halogens is 1. The van der Waals surface area contributed by atoms with Crippen LogP contribution in [-0.4, -0.2) is 23.4 Å². The number of hydrogen-bond donors (Lipinski definition) is 1. The number of benzene rings is 1. The van der Waals surface area contributed by atoms with Gasteiger partial charge in [-0.3, -0.25) is 0 Å². The van der Waals surface area contributed by atoms with Crippen LogP contribution in [0.25, 0.3) is 5.69 Å². The molecule has 114 valence electrons. The monoisotopic (exact) mass is 307 g/mol. The van der Waals surface area contributed by atoms with Crippen LogP contribution >= 0.6 is 11.6 Å². The molecule has 1 aromatic heterocycles. The van der Waals surface area contributed by atoms with E-state index in [-0.39, 0.29) is 0 Å². The predicted octanol–water partition coefficient (Wildman–Crippen LogP) is 3.55. The van der Waals surface area contributed by atoms with Crippen molar-refractivity contribution in [2.45, 2.75) is 32.6 Å². The van der Waals surface area contributed by atoms with Crippen LogP contribution in [0.1, 0.15) is 37.4 Å². The van der Waals surface area contributed by atoms with Gasteiger partial charge in [0.25, 0.3) is 0 Å². The molecule has 4 nitrogen and oxygen atoms in total. The van der Waals surface area contributed by atoms with Gasteiger partial charge in [0.1, 0.15) is 0 Å². The normalized spacial score (nSPS) is 11.1. The van der Waals surface area contributed by atoms with Gasteiger partial charge < -0.3 is 10.5 Å². The third-order valence-electron chi connectivity index (χ3n) is 3.41. The van der Waals surface area contributed by atoms with E-state index < -0.39 is 0 Å². The Bertz CT molecular complexity index is 590. The van der Waals surface area contributed by atoms with Gasteiger partial charge in [-0.15, -0.1) is 0 Å². The molecule has 0 saturated carbocycles. The summed E-state index contributed by atoms with van der Waals surface area (Å²) in [6.07, 6.45) is 1.79. The van der Waals surface area contributed by atoms with Gasteiger partial charge in [0.15, 0.2) is 0 Å².